The summed E-state index contributed by atoms with van der Waals surface area (Å²) in [4.78, 5) is 12.2. The molecule has 2 amide bonds. The predicted molar refractivity (Wildman–Crippen MR) is 107 cm³/mol. The summed E-state index contributed by atoms with van der Waals surface area (Å²) in [6.45, 7) is 1.54. The fraction of sp³-hybridized carbons (Fsp3) is 0.238. The van der Waals surface area contributed by atoms with E-state index in [1.807, 2.05) is 42.5 Å². The summed E-state index contributed by atoms with van der Waals surface area (Å²) < 4.78 is 24.0. The Balaban J connectivity index is 1.12. The maximum absolute atomic E-state index is 12.2. The lowest BCUT2D eigenvalue weighted by atomic mass is 10.2. The summed E-state index contributed by atoms with van der Waals surface area (Å²) in [5.74, 6) is 2.87. The van der Waals surface area contributed by atoms with Crippen molar-refractivity contribution in [2.24, 2.45) is 0 Å². The molecule has 0 radical (unpaired) electrons. The van der Waals surface area contributed by atoms with Crippen molar-refractivity contribution in [3.05, 3.63) is 60.4 Å². The number of hydrogen-bond acceptors (Lipinski definition) is 6. The summed E-state index contributed by atoms with van der Waals surface area (Å²) in [6.07, 6.45) is 3.19. The van der Waals surface area contributed by atoms with E-state index in [0.717, 1.165) is 17.1 Å². The zero-order valence-corrected chi connectivity index (χ0v) is 16.0. The molecular formula is C21H20N4O5. The number of aromatic nitrogens is 2. The van der Waals surface area contributed by atoms with Gasteiger partial charge in [-0.2, -0.15) is 5.10 Å². The molecule has 0 saturated carbocycles. The molecule has 9 nitrogen and oxygen atoms in total. The van der Waals surface area contributed by atoms with Crippen molar-refractivity contribution in [1.29, 1.82) is 0 Å². The number of carbonyl (C=O) groups excluding carboxylic acids is 1. The fourth-order valence-corrected chi connectivity index (χ4v) is 3.30. The SMILES string of the molecule is O=C(NCc1ccc2c(c1)OCO2)Nc1cnn(CC2COc3ccccc3O2)c1. The Kier molecular flexibility index (Phi) is 4.76. The molecule has 2 aliphatic rings. The zero-order valence-electron chi connectivity index (χ0n) is 16.0. The Morgan fingerprint density at radius 2 is 1.90 bits per heavy atom. The summed E-state index contributed by atoms with van der Waals surface area (Å²) in [5.41, 5.74) is 1.51. The van der Waals surface area contributed by atoms with E-state index in [2.05, 4.69) is 15.7 Å². The van der Waals surface area contributed by atoms with Gasteiger partial charge in [0.25, 0.3) is 0 Å². The minimum absolute atomic E-state index is 0.160. The highest BCUT2D eigenvalue weighted by Gasteiger charge is 2.21. The standard InChI is InChI=1S/C21H20N4O5/c26-21(22-8-14-5-6-18-20(7-14)29-13-28-18)24-15-9-23-25(10-15)11-16-12-27-17-3-1-2-4-19(17)30-16/h1-7,9-10,16H,8,11-13H2,(H2,22,24,26). The van der Waals surface area contributed by atoms with Crippen molar-refractivity contribution >= 4 is 11.7 Å². The van der Waals surface area contributed by atoms with Gasteiger partial charge in [0, 0.05) is 12.7 Å². The van der Waals surface area contributed by atoms with Gasteiger partial charge in [-0.15, -0.1) is 0 Å². The quantitative estimate of drug-likeness (QED) is 0.674. The molecule has 1 atom stereocenters. The number of benzene rings is 2. The monoisotopic (exact) mass is 408 g/mol. The molecule has 0 spiro atoms. The van der Waals surface area contributed by atoms with Gasteiger partial charge in [-0.05, 0) is 29.8 Å². The second-order valence-electron chi connectivity index (χ2n) is 6.94. The van der Waals surface area contributed by atoms with Crippen LogP contribution in [0.15, 0.2) is 54.9 Å². The maximum atomic E-state index is 12.2. The van der Waals surface area contributed by atoms with Crippen LogP contribution in [-0.2, 0) is 13.1 Å². The molecule has 154 valence electrons. The molecule has 0 bridgehead atoms. The van der Waals surface area contributed by atoms with Crippen LogP contribution in [0, 0.1) is 0 Å². The Morgan fingerprint density at radius 3 is 2.83 bits per heavy atom. The van der Waals surface area contributed by atoms with E-state index in [9.17, 15) is 4.79 Å². The highest BCUT2D eigenvalue weighted by atomic mass is 16.7. The van der Waals surface area contributed by atoms with Crippen LogP contribution in [0.3, 0.4) is 0 Å². The topological polar surface area (TPSA) is 95.9 Å². The molecule has 1 aromatic heterocycles. The Hall–Kier alpha value is -3.88. The minimum Gasteiger partial charge on any atom is -0.486 e. The largest absolute Gasteiger partial charge is 0.486 e. The minimum atomic E-state index is -0.321. The summed E-state index contributed by atoms with van der Waals surface area (Å²) in [7, 11) is 0. The number of fused-ring (bicyclic) bond motifs is 2. The number of nitrogens with one attached hydrogen (secondary N) is 2. The van der Waals surface area contributed by atoms with Gasteiger partial charge in [0.2, 0.25) is 6.79 Å². The third-order valence-corrected chi connectivity index (χ3v) is 4.74. The molecule has 0 aliphatic carbocycles. The highest BCUT2D eigenvalue weighted by molar-refractivity contribution is 5.88. The van der Waals surface area contributed by atoms with Gasteiger partial charge in [0.15, 0.2) is 29.1 Å². The van der Waals surface area contributed by atoms with Crippen LogP contribution in [0.25, 0.3) is 0 Å². The smallest absolute Gasteiger partial charge is 0.319 e. The normalized spacial score (nSPS) is 16.2. The summed E-state index contributed by atoms with van der Waals surface area (Å²) >= 11 is 0. The van der Waals surface area contributed by atoms with Gasteiger partial charge in [-0.3, -0.25) is 4.68 Å². The molecular weight excluding hydrogens is 388 g/mol. The molecule has 9 heteroatoms. The number of rotatable bonds is 5. The lowest BCUT2D eigenvalue weighted by molar-refractivity contribution is 0.0759. The summed E-state index contributed by atoms with van der Waals surface area (Å²) in [5, 5.41) is 9.87. The van der Waals surface area contributed by atoms with Crippen LogP contribution in [0.4, 0.5) is 10.5 Å². The second-order valence-corrected chi connectivity index (χ2v) is 6.94. The number of nitrogens with zero attached hydrogens (tertiary/aromatic N) is 2. The van der Waals surface area contributed by atoms with Gasteiger partial charge in [0.05, 0.1) is 18.4 Å². The molecule has 3 aromatic rings. The average molecular weight is 408 g/mol. The summed E-state index contributed by atoms with van der Waals surface area (Å²) in [6, 6.07) is 12.8. The van der Waals surface area contributed by atoms with Crippen LogP contribution < -0.4 is 29.6 Å². The van der Waals surface area contributed by atoms with Crippen molar-refractivity contribution in [1.82, 2.24) is 15.1 Å². The number of urea groups is 1. The molecule has 2 aliphatic heterocycles. The molecule has 30 heavy (non-hydrogen) atoms. The number of para-hydroxylation sites is 2. The molecule has 0 saturated heterocycles. The van der Waals surface area contributed by atoms with E-state index in [4.69, 9.17) is 18.9 Å². The van der Waals surface area contributed by atoms with Gasteiger partial charge < -0.3 is 29.6 Å². The van der Waals surface area contributed by atoms with Gasteiger partial charge in [-0.1, -0.05) is 18.2 Å². The lowest BCUT2D eigenvalue weighted by Crippen LogP contribution is -2.33. The van der Waals surface area contributed by atoms with E-state index in [1.54, 1.807) is 17.1 Å². The van der Waals surface area contributed by atoms with Crippen LogP contribution >= 0.6 is 0 Å². The van der Waals surface area contributed by atoms with E-state index >= 15 is 0 Å². The van der Waals surface area contributed by atoms with E-state index in [0.29, 0.717) is 36.9 Å². The van der Waals surface area contributed by atoms with Gasteiger partial charge in [-0.25, -0.2) is 4.79 Å². The number of hydrogen-bond donors (Lipinski definition) is 2. The van der Waals surface area contributed by atoms with Crippen molar-refractivity contribution in [2.75, 3.05) is 18.7 Å². The molecule has 0 fully saturated rings. The first kappa shape index (κ1) is 18.2. The van der Waals surface area contributed by atoms with E-state index in [-0.39, 0.29) is 18.9 Å². The van der Waals surface area contributed by atoms with Crippen LogP contribution in [-0.4, -0.2) is 35.3 Å². The van der Waals surface area contributed by atoms with Crippen LogP contribution in [0.5, 0.6) is 23.0 Å². The molecule has 1 unspecified atom stereocenters. The zero-order chi connectivity index (χ0) is 20.3. The third kappa shape index (κ3) is 3.95. The second kappa shape index (κ2) is 7.86. The van der Waals surface area contributed by atoms with Crippen molar-refractivity contribution in [3.8, 4) is 23.0 Å². The first-order valence-electron chi connectivity index (χ1n) is 9.57. The van der Waals surface area contributed by atoms with Gasteiger partial charge >= 0.3 is 6.03 Å². The highest BCUT2D eigenvalue weighted by Crippen LogP contribution is 2.32. The molecule has 5 rings (SSSR count). The molecule has 3 heterocycles. The molecule has 2 aromatic carbocycles. The Morgan fingerprint density at radius 1 is 1.07 bits per heavy atom. The van der Waals surface area contributed by atoms with E-state index in [1.165, 1.54) is 0 Å². The van der Waals surface area contributed by atoms with Crippen LogP contribution in [0.1, 0.15) is 5.56 Å². The van der Waals surface area contributed by atoms with Crippen molar-refractivity contribution in [3.63, 3.8) is 0 Å². The number of ether oxygens (including phenoxy) is 4. The Labute approximate surface area is 172 Å². The first-order chi connectivity index (χ1) is 14.7. The first-order valence-corrected chi connectivity index (χ1v) is 9.57. The number of amides is 2. The third-order valence-electron chi connectivity index (χ3n) is 4.74. The number of carbonyl (C=O) groups is 1. The van der Waals surface area contributed by atoms with Crippen molar-refractivity contribution in [2.45, 2.75) is 19.2 Å². The lowest BCUT2D eigenvalue weighted by Gasteiger charge is -2.26. The van der Waals surface area contributed by atoms with E-state index < -0.39 is 0 Å². The van der Waals surface area contributed by atoms with Crippen molar-refractivity contribution < 1.29 is 23.7 Å². The fourth-order valence-electron chi connectivity index (χ4n) is 3.30. The molecule has 2 N–H and O–H groups in total. The maximum Gasteiger partial charge on any atom is 0.319 e. The number of anilines is 1. The Bertz CT molecular complexity index is 1070. The average Bonchev–Trinajstić information content (AvgIpc) is 3.41. The van der Waals surface area contributed by atoms with Gasteiger partial charge in [0.1, 0.15) is 6.61 Å². The predicted octanol–water partition coefficient (Wildman–Crippen LogP) is 2.77. The van der Waals surface area contributed by atoms with Crippen LogP contribution in [0.2, 0.25) is 0 Å².